The van der Waals surface area contributed by atoms with E-state index in [1.54, 1.807) is 146 Å². The van der Waals surface area contributed by atoms with E-state index < -0.39 is 78.3 Å². The minimum absolute atomic E-state index is 0.0168. The van der Waals surface area contributed by atoms with Crippen molar-refractivity contribution < 1.29 is 46.9 Å². The number of hydrogen-bond donors (Lipinski definition) is 2. The van der Waals surface area contributed by atoms with Gasteiger partial charge in [0.2, 0.25) is 0 Å². The van der Waals surface area contributed by atoms with E-state index in [2.05, 4.69) is 9.44 Å². The summed E-state index contributed by atoms with van der Waals surface area (Å²) >= 11 is -2.67. The van der Waals surface area contributed by atoms with Crippen LogP contribution in [0.5, 0.6) is 23.0 Å². The van der Waals surface area contributed by atoms with E-state index in [4.69, 9.17) is 20.9 Å². The Morgan fingerprint density at radius 3 is 0.969 bits per heavy atom. The molecule has 6 rings (SSSR count). The van der Waals surface area contributed by atoms with Gasteiger partial charge in [0.1, 0.15) is 0 Å². The van der Waals surface area contributed by atoms with Crippen LogP contribution in [0.1, 0.15) is 37.8 Å². The second-order valence-corrected chi connectivity index (χ2v) is 30.6. The molecule has 340 valence electrons. The van der Waals surface area contributed by atoms with Gasteiger partial charge in [-0.1, -0.05) is 0 Å². The molecule has 0 bridgehead atoms. The average molecular weight is 1080 g/mol. The van der Waals surface area contributed by atoms with Crippen LogP contribution in [0.25, 0.3) is 0 Å². The minimum atomic E-state index is -4.39. The van der Waals surface area contributed by atoms with Crippen LogP contribution in [0.2, 0.25) is 9.50 Å². The van der Waals surface area contributed by atoms with Crippen LogP contribution in [-0.4, -0.2) is 59.9 Å². The summed E-state index contributed by atoms with van der Waals surface area (Å²) in [5.41, 5.74) is 1.73. The number of aryl methyl sites for hydroxylation is 2. The third-order valence-corrected chi connectivity index (χ3v) is 22.7. The van der Waals surface area contributed by atoms with Gasteiger partial charge in [-0.15, -0.1) is 0 Å². The molecule has 0 heterocycles. The molecule has 13 nitrogen and oxygen atoms in total. The van der Waals surface area contributed by atoms with Crippen LogP contribution >= 0.6 is 15.2 Å². The molecule has 0 aliphatic carbocycles. The van der Waals surface area contributed by atoms with Gasteiger partial charge in [-0.2, -0.15) is 0 Å². The van der Waals surface area contributed by atoms with Gasteiger partial charge in [0, 0.05) is 0 Å². The van der Waals surface area contributed by atoms with Gasteiger partial charge >= 0.3 is 398 Å². The van der Waals surface area contributed by atoms with Gasteiger partial charge in [0.25, 0.3) is 0 Å². The Labute approximate surface area is 395 Å². The van der Waals surface area contributed by atoms with E-state index in [1.807, 2.05) is 27.7 Å². The standard InChI is InChI=1S/C46H50Ge2N2O11P2S2/c1-35-25-29-43(30-26-35)64(53,54)49-45(62(51,57-39-17-9-5-10-18-39)58-40-19-11-6-12-20-40)33-37(3)47-61-48-38(4)34-46(50-65(55,56)44-31-27-36(2)28-32-44)63(52,59-41-21-13-7-14-22-41)60-42-23-15-8-16-24-42/h5-32,37-38,45-46,49-50H,33-34H2,1-4H3. The summed E-state index contributed by atoms with van der Waals surface area (Å²) in [6.07, 6.45) is 0.0408. The van der Waals surface area contributed by atoms with Crippen molar-refractivity contribution in [3.05, 3.63) is 181 Å². The molecule has 6 aromatic carbocycles. The molecule has 0 amide bonds. The second-order valence-electron chi connectivity index (χ2n) is 15.2. The van der Waals surface area contributed by atoms with E-state index >= 15 is 9.13 Å². The molecule has 4 unspecified atom stereocenters. The van der Waals surface area contributed by atoms with Crippen LogP contribution in [0.15, 0.2) is 180 Å². The number of benzene rings is 6. The second kappa shape index (κ2) is 23.0. The van der Waals surface area contributed by atoms with Gasteiger partial charge < -0.3 is 0 Å². The Hall–Kier alpha value is -4.15. The van der Waals surface area contributed by atoms with Crippen molar-refractivity contribution in [2.45, 2.75) is 71.4 Å². The summed E-state index contributed by atoms with van der Waals surface area (Å²) in [7, 11) is -17.3. The summed E-state index contributed by atoms with van der Waals surface area (Å²) in [6.45, 7) is 7.45. The zero-order chi connectivity index (χ0) is 46.5. The fourth-order valence-electron chi connectivity index (χ4n) is 6.22. The molecule has 4 atom stereocenters. The summed E-state index contributed by atoms with van der Waals surface area (Å²) in [6, 6.07) is 46.3. The summed E-state index contributed by atoms with van der Waals surface area (Å²) < 4.78 is 122. The molecule has 0 aromatic heterocycles. The third-order valence-electron chi connectivity index (χ3n) is 9.59. The van der Waals surface area contributed by atoms with E-state index in [-0.39, 0.29) is 55.1 Å². The first-order chi connectivity index (χ1) is 31.0. The first-order valence-corrected chi connectivity index (χ1v) is 30.9. The fourth-order valence-corrected chi connectivity index (χ4v) is 22.0. The van der Waals surface area contributed by atoms with E-state index in [0.29, 0.717) is 0 Å². The Bertz CT molecular complexity index is 2470. The fraction of sp³-hybridized carbons (Fsp3) is 0.217. The van der Waals surface area contributed by atoms with Crippen LogP contribution in [0, 0.1) is 13.8 Å². The van der Waals surface area contributed by atoms with Crippen molar-refractivity contribution in [2.75, 3.05) is 0 Å². The average Bonchev–Trinajstić information content (AvgIpc) is 3.27. The molecule has 2 N–H and O–H groups in total. The molecule has 0 saturated heterocycles. The van der Waals surface area contributed by atoms with Crippen molar-refractivity contribution in [3.8, 4) is 23.0 Å². The predicted octanol–water partition coefficient (Wildman–Crippen LogP) is 10.6. The van der Waals surface area contributed by atoms with Gasteiger partial charge in [-0.3, -0.25) is 0 Å². The Balaban J connectivity index is 1.24. The summed E-state index contributed by atoms with van der Waals surface area (Å²) in [5, 5.41) is 0. The summed E-state index contributed by atoms with van der Waals surface area (Å²) in [5.74, 6) is -1.81. The normalized spacial score (nSPS) is 14.1. The molecular weight excluding hydrogens is 1030 g/mol. The van der Waals surface area contributed by atoms with Gasteiger partial charge in [-0.05, 0) is 0 Å². The molecule has 4 radical (unpaired) electrons. The SMILES string of the molecule is Cc1ccc(S(=O)(=O)NC(C[CH](C)[Ge][O][Ge][CH](C)CC(NS(=O)(=O)c2ccc(C)cc2)P(=O)(Oc2ccccc2)Oc2ccccc2)P(=O)(Oc2ccccc2)Oc2ccccc2)cc1. The number of hydrogen-bond acceptors (Lipinski definition) is 11. The molecule has 6 aromatic rings. The number of sulfonamides is 2. The molecule has 65 heavy (non-hydrogen) atoms. The monoisotopic (exact) mass is 1080 g/mol. The maximum absolute atomic E-state index is 15.1. The van der Waals surface area contributed by atoms with Crippen molar-refractivity contribution in [3.63, 3.8) is 0 Å². The molecule has 19 heteroatoms. The van der Waals surface area contributed by atoms with E-state index in [1.165, 1.54) is 24.3 Å². The maximum atomic E-state index is 15.1. The van der Waals surface area contributed by atoms with Crippen LogP contribution in [-0.2, 0) is 32.0 Å². The van der Waals surface area contributed by atoms with Gasteiger partial charge in [0.05, 0.1) is 0 Å². The molecule has 0 fully saturated rings. The summed E-state index contributed by atoms with van der Waals surface area (Å²) in [4.78, 5) is -0.0337. The van der Waals surface area contributed by atoms with Gasteiger partial charge in [0.15, 0.2) is 0 Å². The first kappa shape index (κ1) is 50.3. The molecule has 0 aliphatic rings. The van der Waals surface area contributed by atoms with Crippen molar-refractivity contribution in [1.29, 1.82) is 0 Å². The Morgan fingerprint density at radius 2 is 0.708 bits per heavy atom. The quantitative estimate of drug-likeness (QED) is 0.0436. The van der Waals surface area contributed by atoms with Crippen LogP contribution in [0.3, 0.4) is 0 Å². The topological polar surface area (TPSA) is 173 Å². The molecule has 0 spiro atoms. The Kier molecular flexibility index (Phi) is 17.8. The van der Waals surface area contributed by atoms with Crippen molar-refractivity contribution in [1.82, 2.24) is 9.44 Å². The number of rotatable bonds is 24. The van der Waals surface area contributed by atoms with E-state index in [0.717, 1.165) is 11.1 Å². The number of para-hydroxylation sites is 4. The number of nitrogens with one attached hydrogen (secondary N) is 2. The Morgan fingerprint density at radius 1 is 0.446 bits per heavy atom. The predicted molar refractivity (Wildman–Crippen MR) is 255 cm³/mol. The van der Waals surface area contributed by atoms with Crippen LogP contribution in [0.4, 0.5) is 0 Å². The molecular formula is C46H50Ge2N2O11P2S2. The van der Waals surface area contributed by atoms with E-state index in [9.17, 15) is 16.8 Å². The third kappa shape index (κ3) is 14.9. The zero-order valence-electron chi connectivity index (χ0n) is 36.1. The first-order valence-electron chi connectivity index (χ1n) is 20.5. The van der Waals surface area contributed by atoms with Crippen molar-refractivity contribution in [2.24, 2.45) is 0 Å². The molecule has 0 aliphatic heterocycles. The van der Waals surface area contributed by atoms with Gasteiger partial charge in [-0.25, -0.2) is 0 Å². The van der Waals surface area contributed by atoms with Crippen LogP contribution < -0.4 is 27.5 Å². The van der Waals surface area contributed by atoms with Crippen molar-refractivity contribution >= 4 is 66.8 Å². The zero-order valence-corrected chi connectivity index (χ0v) is 43.7. The molecule has 0 saturated carbocycles.